The molecular weight excluding hydrogens is 275 g/mol. The van der Waals surface area contributed by atoms with Crippen molar-refractivity contribution >= 4 is 12.0 Å². The summed E-state index contributed by atoms with van der Waals surface area (Å²) in [4.78, 5) is 27.3. The minimum Gasteiger partial charge on any atom is -0.450 e. The van der Waals surface area contributed by atoms with Crippen molar-refractivity contribution < 1.29 is 18.7 Å². The van der Waals surface area contributed by atoms with Gasteiger partial charge < -0.3 is 14.5 Å². The molecule has 1 aliphatic rings. The van der Waals surface area contributed by atoms with Gasteiger partial charge in [0.05, 0.1) is 6.61 Å². The number of hydrogen-bond acceptors (Lipinski definition) is 3. The van der Waals surface area contributed by atoms with Crippen molar-refractivity contribution in [1.29, 1.82) is 0 Å². The average Bonchev–Trinajstić information content (AvgIpc) is 2.72. The molecule has 0 aromatic heterocycles. The molecule has 0 radical (unpaired) electrons. The topological polar surface area (TPSA) is 49.9 Å². The molecule has 1 saturated heterocycles. The number of rotatable bonds is 2. The first-order valence-electron chi connectivity index (χ1n) is 7.08. The monoisotopic (exact) mass is 294 g/mol. The summed E-state index contributed by atoms with van der Waals surface area (Å²) in [5, 5.41) is 0. The zero-order valence-corrected chi connectivity index (χ0v) is 12.0. The van der Waals surface area contributed by atoms with Crippen molar-refractivity contribution in [2.24, 2.45) is 0 Å². The summed E-state index contributed by atoms with van der Waals surface area (Å²) in [6.07, 6.45) is 0.331. The van der Waals surface area contributed by atoms with Crippen LogP contribution in [0.3, 0.4) is 0 Å². The molecule has 0 N–H and O–H groups in total. The van der Waals surface area contributed by atoms with Crippen molar-refractivity contribution in [2.75, 3.05) is 32.8 Å². The molecule has 0 aliphatic carbocycles. The van der Waals surface area contributed by atoms with E-state index in [4.69, 9.17) is 4.74 Å². The normalized spacial score (nSPS) is 15.5. The number of carbonyl (C=O) groups excluding carboxylic acids is 2. The third-order valence-corrected chi connectivity index (χ3v) is 3.38. The fourth-order valence-corrected chi connectivity index (χ4v) is 2.32. The lowest BCUT2D eigenvalue weighted by Gasteiger charge is -2.21. The largest absolute Gasteiger partial charge is 0.450 e. The van der Waals surface area contributed by atoms with Gasteiger partial charge in [-0.05, 0) is 31.5 Å². The SMILES string of the molecule is CCOC(=O)N1CCCN(C(=O)c2cccc(F)c2)CC1. The molecule has 5 nitrogen and oxygen atoms in total. The zero-order valence-electron chi connectivity index (χ0n) is 12.0. The number of ether oxygens (including phenoxy) is 1. The highest BCUT2D eigenvalue weighted by Crippen LogP contribution is 2.11. The van der Waals surface area contributed by atoms with Crippen molar-refractivity contribution in [3.63, 3.8) is 0 Å². The van der Waals surface area contributed by atoms with Crippen LogP contribution in [-0.2, 0) is 4.74 Å². The Morgan fingerprint density at radius 1 is 1.19 bits per heavy atom. The number of halogens is 1. The van der Waals surface area contributed by atoms with Crippen LogP contribution < -0.4 is 0 Å². The summed E-state index contributed by atoms with van der Waals surface area (Å²) in [7, 11) is 0. The Morgan fingerprint density at radius 2 is 1.90 bits per heavy atom. The minimum absolute atomic E-state index is 0.208. The molecule has 0 atom stereocenters. The van der Waals surface area contributed by atoms with E-state index in [0.717, 1.165) is 0 Å². The van der Waals surface area contributed by atoms with Crippen LogP contribution in [0.1, 0.15) is 23.7 Å². The Morgan fingerprint density at radius 3 is 2.62 bits per heavy atom. The summed E-state index contributed by atoms with van der Waals surface area (Å²) >= 11 is 0. The molecule has 1 aliphatic heterocycles. The van der Waals surface area contributed by atoms with Gasteiger partial charge in [0.15, 0.2) is 0 Å². The third kappa shape index (κ3) is 3.93. The quantitative estimate of drug-likeness (QED) is 0.839. The highest BCUT2D eigenvalue weighted by atomic mass is 19.1. The lowest BCUT2D eigenvalue weighted by Crippen LogP contribution is -2.37. The standard InChI is InChI=1S/C15H19FN2O3/c1-2-21-15(20)18-8-4-7-17(9-10-18)14(19)12-5-3-6-13(16)11-12/h3,5-6,11H,2,4,7-10H2,1H3. The van der Waals surface area contributed by atoms with Gasteiger partial charge in [-0.2, -0.15) is 0 Å². The van der Waals surface area contributed by atoms with Gasteiger partial charge in [0, 0.05) is 31.7 Å². The van der Waals surface area contributed by atoms with E-state index in [-0.39, 0.29) is 12.0 Å². The number of benzene rings is 1. The third-order valence-electron chi connectivity index (χ3n) is 3.38. The average molecular weight is 294 g/mol. The molecule has 0 saturated carbocycles. The predicted octanol–water partition coefficient (Wildman–Crippen LogP) is 2.13. The summed E-state index contributed by atoms with van der Waals surface area (Å²) in [6.45, 7) is 4.06. The van der Waals surface area contributed by atoms with E-state index in [9.17, 15) is 14.0 Å². The molecule has 2 amide bonds. The molecule has 21 heavy (non-hydrogen) atoms. The smallest absolute Gasteiger partial charge is 0.409 e. The molecule has 0 unspecified atom stereocenters. The molecule has 1 heterocycles. The molecule has 0 bridgehead atoms. The van der Waals surface area contributed by atoms with Gasteiger partial charge in [0.2, 0.25) is 0 Å². The maximum absolute atomic E-state index is 13.2. The second kappa shape index (κ2) is 7.06. The number of amides is 2. The van der Waals surface area contributed by atoms with Crippen LogP contribution in [0.5, 0.6) is 0 Å². The van der Waals surface area contributed by atoms with Crippen LogP contribution in [0.2, 0.25) is 0 Å². The summed E-state index contributed by atoms with van der Waals surface area (Å²) in [6, 6.07) is 5.66. The summed E-state index contributed by atoms with van der Waals surface area (Å²) in [5.41, 5.74) is 0.333. The number of nitrogens with zero attached hydrogens (tertiary/aromatic N) is 2. The fourth-order valence-electron chi connectivity index (χ4n) is 2.32. The van der Waals surface area contributed by atoms with Crippen molar-refractivity contribution in [2.45, 2.75) is 13.3 Å². The van der Waals surface area contributed by atoms with E-state index >= 15 is 0 Å². The highest BCUT2D eigenvalue weighted by molar-refractivity contribution is 5.94. The van der Waals surface area contributed by atoms with Crippen molar-refractivity contribution in [1.82, 2.24) is 9.80 Å². The van der Waals surface area contributed by atoms with Gasteiger partial charge in [-0.3, -0.25) is 4.79 Å². The summed E-state index contributed by atoms with van der Waals surface area (Å²) < 4.78 is 18.2. The maximum atomic E-state index is 13.2. The predicted molar refractivity (Wildman–Crippen MR) is 75.5 cm³/mol. The number of hydrogen-bond donors (Lipinski definition) is 0. The lowest BCUT2D eigenvalue weighted by atomic mass is 10.2. The van der Waals surface area contributed by atoms with E-state index in [0.29, 0.717) is 44.8 Å². The Labute approximate surface area is 123 Å². The van der Waals surface area contributed by atoms with Gasteiger partial charge in [-0.1, -0.05) is 6.07 Å². The first kappa shape index (κ1) is 15.3. The second-order valence-corrected chi connectivity index (χ2v) is 4.84. The Balaban J connectivity index is 1.99. The van der Waals surface area contributed by atoms with Gasteiger partial charge in [-0.15, -0.1) is 0 Å². The number of carbonyl (C=O) groups is 2. The zero-order chi connectivity index (χ0) is 15.2. The molecule has 1 aromatic carbocycles. The highest BCUT2D eigenvalue weighted by Gasteiger charge is 2.23. The van der Waals surface area contributed by atoms with Gasteiger partial charge in [-0.25, -0.2) is 9.18 Å². The molecule has 2 rings (SSSR count). The van der Waals surface area contributed by atoms with Gasteiger partial charge in [0.1, 0.15) is 5.82 Å². The molecule has 0 spiro atoms. The Kier molecular flexibility index (Phi) is 5.14. The minimum atomic E-state index is -0.427. The summed E-state index contributed by atoms with van der Waals surface area (Å²) in [5.74, 6) is -0.635. The lowest BCUT2D eigenvalue weighted by molar-refractivity contribution is 0.0753. The van der Waals surface area contributed by atoms with E-state index in [2.05, 4.69) is 0 Å². The molecule has 1 aromatic rings. The molecular formula is C15H19FN2O3. The Bertz CT molecular complexity index is 521. The van der Waals surface area contributed by atoms with Gasteiger partial charge in [0.25, 0.3) is 5.91 Å². The van der Waals surface area contributed by atoms with Crippen LogP contribution >= 0.6 is 0 Å². The van der Waals surface area contributed by atoms with E-state index in [1.54, 1.807) is 22.8 Å². The van der Waals surface area contributed by atoms with Crippen LogP contribution in [0.15, 0.2) is 24.3 Å². The fraction of sp³-hybridized carbons (Fsp3) is 0.467. The maximum Gasteiger partial charge on any atom is 0.409 e. The first-order chi connectivity index (χ1) is 10.1. The molecule has 114 valence electrons. The second-order valence-electron chi connectivity index (χ2n) is 4.84. The van der Waals surface area contributed by atoms with Crippen LogP contribution in [0, 0.1) is 5.82 Å². The van der Waals surface area contributed by atoms with Crippen LogP contribution in [0.25, 0.3) is 0 Å². The van der Waals surface area contributed by atoms with E-state index in [1.807, 2.05) is 0 Å². The van der Waals surface area contributed by atoms with Crippen molar-refractivity contribution in [3.8, 4) is 0 Å². The van der Waals surface area contributed by atoms with E-state index < -0.39 is 5.82 Å². The first-order valence-corrected chi connectivity index (χ1v) is 7.08. The van der Waals surface area contributed by atoms with Gasteiger partial charge >= 0.3 is 6.09 Å². The molecule has 1 fully saturated rings. The molecule has 6 heteroatoms. The van der Waals surface area contributed by atoms with Crippen LogP contribution in [0.4, 0.5) is 9.18 Å². The van der Waals surface area contributed by atoms with Crippen molar-refractivity contribution in [3.05, 3.63) is 35.6 Å². The Hall–Kier alpha value is -2.11. The van der Waals surface area contributed by atoms with E-state index in [1.165, 1.54) is 18.2 Å². The van der Waals surface area contributed by atoms with Crippen LogP contribution in [-0.4, -0.2) is 54.6 Å².